The van der Waals surface area contributed by atoms with Crippen molar-refractivity contribution in [3.05, 3.63) is 76.6 Å². The first kappa shape index (κ1) is 28.7. The number of halogens is 1. The molecule has 6 rings (SSSR count). The Labute approximate surface area is 247 Å². The number of ether oxygens (including phenoxy) is 2. The van der Waals surface area contributed by atoms with E-state index in [1.54, 1.807) is 11.0 Å². The maximum Gasteiger partial charge on any atom is 0.234 e. The van der Waals surface area contributed by atoms with Crippen LogP contribution in [0.1, 0.15) is 70.3 Å². The number of amides is 2. The summed E-state index contributed by atoms with van der Waals surface area (Å²) in [6, 6.07) is 14.1. The van der Waals surface area contributed by atoms with E-state index in [9.17, 15) is 19.1 Å². The van der Waals surface area contributed by atoms with Gasteiger partial charge in [-0.3, -0.25) is 14.5 Å². The largest absolute Gasteiger partial charge is 0.505 e. The Morgan fingerprint density at radius 1 is 1.07 bits per heavy atom. The van der Waals surface area contributed by atoms with Gasteiger partial charge in [0, 0.05) is 12.0 Å². The van der Waals surface area contributed by atoms with Gasteiger partial charge in [-0.1, -0.05) is 62.1 Å². The van der Waals surface area contributed by atoms with E-state index in [4.69, 9.17) is 9.47 Å². The number of hydrogen-bond donors (Lipinski definition) is 1. The maximum atomic E-state index is 13.9. The van der Waals surface area contributed by atoms with Crippen LogP contribution in [0, 0.1) is 23.6 Å². The van der Waals surface area contributed by atoms with Crippen LogP contribution < -0.4 is 4.74 Å². The number of imide groups is 1. The van der Waals surface area contributed by atoms with E-state index < -0.39 is 5.82 Å². The summed E-state index contributed by atoms with van der Waals surface area (Å²) in [5.41, 5.74) is 4.09. The molecule has 0 radical (unpaired) electrons. The average Bonchev–Trinajstić information content (AvgIpc) is 3.54. The molecule has 7 heteroatoms. The number of rotatable bonds is 9. The van der Waals surface area contributed by atoms with Gasteiger partial charge in [0.2, 0.25) is 11.8 Å². The number of allylic oxidation sites excluding steroid dienone is 1. The summed E-state index contributed by atoms with van der Waals surface area (Å²) >= 11 is 0. The first-order chi connectivity index (χ1) is 20.4. The van der Waals surface area contributed by atoms with Gasteiger partial charge in [0.25, 0.3) is 0 Å². The Morgan fingerprint density at radius 3 is 2.60 bits per heavy atom. The number of likely N-dealkylation sites (tertiary alicyclic amines) is 1. The molecule has 0 spiro atoms. The van der Waals surface area contributed by atoms with Crippen LogP contribution in [-0.4, -0.2) is 47.2 Å². The predicted molar refractivity (Wildman–Crippen MR) is 158 cm³/mol. The lowest BCUT2D eigenvalue weighted by atomic mass is 9.69. The minimum atomic E-state index is -0.635. The molecule has 2 aromatic carbocycles. The molecule has 4 aliphatic rings. The van der Waals surface area contributed by atoms with E-state index in [-0.39, 0.29) is 47.5 Å². The fraction of sp³-hybridized carbons (Fsp3) is 0.486. The average molecular weight is 574 g/mol. The van der Waals surface area contributed by atoms with Crippen molar-refractivity contribution in [1.82, 2.24) is 4.90 Å². The van der Waals surface area contributed by atoms with Crippen molar-refractivity contribution in [2.75, 3.05) is 13.2 Å². The van der Waals surface area contributed by atoms with Crippen LogP contribution >= 0.6 is 0 Å². The zero-order valence-electron chi connectivity index (χ0n) is 24.3. The molecule has 0 bridgehead atoms. The monoisotopic (exact) mass is 573 g/mol. The van der Waals surface area contributed by atoms with Crippen molar-refractivity contribution in [2.24, 2.45) is 17.8 Å². The Kier molecular flexibility index (Phi) is 8.48. The smallest absolute Gasteiger partial charge is 0.234 e. The van der Waals surface area contributed by atoms with Gasteiger partial charge < -0.3 is 14.6 Å². The van der Waals surface area contributed by atoms with E-state index in [0.717, 1.165) is 67.4 Å². The third-order valence-electron chi connectivity index (χ3n) is 9.66. The van der Waals surface area contributed by atoms with Gasteiger partial charge in [0.05, 0.1) is 24.5 Å². The highest BCUT2D eigenvalue weighted by atomic mass is 19.1. The summed E-state index contributed by atoms with van der Waals surface area (Å²) in [5, 5.41) is 9.55. The first-order valence-corrected chi connectivity index (χ1v) is 15.5. The molecule has 2 amide bonds. The van der Waals surface area contributed by atoms with Crippen LogP contribution in [0.5, 0.6) is 11.5 Å². The highest BCUT2D eigenvalue weighted by molar-refractivity contribution is 6.06. The molecule has 222 valence electrons. The molecule has 42 heavy (non-hydrogen) atoms. The normalized spacial score (nSPS) is 26.5. The number of phenolic OH excluding ortho intramolecular Hbond substituents is 1. The predicted octanol–water partition coefficient (Wildman–Crippen LogP) is 6.83. The molecule has 3 fully saturated rings. The summed E-state index contributed by atoms with van der Waals surface area (Å²) < 4.78 is 26.6. The van der Waals surface area contributed by atoms with E-state index in [1.807, 2.05) is 36.4 Å². The molecule has 2 heterocycles. The molecule has 2 aliphatic heterocycles. The molecule has 2 aromatic rings. The molecular weight excluding hydrogens is 533 g/mol. The fourth-order valence-electron chi connectivity index (χ4n) is 7.53. The van der Waals surface area contributed by atoms with Gasteiger partial charge in [-0.05, 0) is 79.5 Å². The van der Waals surface area contributed by atoms with Crippen molar-refractivity contribution in [2.45, 2.75) is 76.9 Å². The minimum Gasteiger partial charge on any atom is -0.505 e. The van der Waals surface area contributed by atoms with Gasteiger partial charge in [0.1, 0.15) is 12.4 Å². The van der Waals surface area contributed by atoms with Crippen LogP contribution in [0.15, 0.2) is 65.3 Å². The maximum absolute atomic E-state index is 13.9. The Balaban J connectivity index is 1.25. The van der Waals surface area contributed by atoms with Crippen molar-refractivity contribution in [1.29, 1.82) is 0 Å². The second-order valence-electron chi connectivity index (χ2n) is 12.2. The molecule has 2 saturated heterocycles. The van der Waals surface area contributed by atoms with E-state index >= 15 is 0 Å². The van der Waals surface area contributed by atoms with Gasteiger partial charge in [0.15, 0.2) is 11.6 Å². The number of fused-ring (bicyclic) bond motifs is 3. The fourth-order valence-corrected chi connectivity index (χ4v) is 7.53. The number of nitrogens with zero attached hydrogens (tertiary/aromatic N) is 1. The molecule has 0 aromatic heterocycles. The molecule has 6 nitrogen and oxygen atoms in total. The summed E-state index contributed by atoms with van der Waals surface area (Å²) in [4.78, 5) is 29.3. The Bertz CT molecular complexity index is 1380. The SMILES string of the molecule is CC/C(=C\c1ccc(O)c(F)c1)CC[C@H]1OC[C@H]2C1=C(COc1ccccc1)C[C@H]1C(=O)N(C3CCCCC3)C(=O)[C@H]12. The molecule has 1 N–H and O–H groups in total. The van der Waals surface area contributed by atoms with Gasteiger partial charge in [-0.25, -0.2) is 4.39 Å². The second-order valence-corrected chi connectivity index (χ2v) is 12.2. The van der Waals surface area contributed by atoms with Crippen LogP contribution in [0.25, 0.3) is 6.08 Å². The van der Waals surface area contributed by atoms with Gasteiger partial charge >= 0.3 is 0 Å². The van der Waals surface area contributed by atoms with Crippen molar-refractivity contribution in [3.8, 4) is 11.5 Å². The number of phenols is 1. The molecule has 4 atom stereocenters. The van der Waals surface area contributed by atoms with Gasteiger partial charge in [-0.2, -0.15) is 0 Å². The van der Waals surface area contributed by atoms with Gasteiger partial charge in [-0.15, -0.1) is 0 Å². The second kappa shape index (κ2) is 12.4. The standard InChI is InChI=1S/C35H40FNO5/c1-2-22(17-23-13-15-30(38)29(36)18-23)14-16-31-32-24(20-41-26-11-7-4-8-12-26)19-27-33(28(32)21-42-31)35(40)37(34(27)39)25-9-5-3-6-10-25/h4,7-8,11-13,15,17-18,25,27-28,31,33,38H,2-3,5-6,9-10,14,16,19-21H2,1H3/b22-17+/t27-,28+,31-,33-/m1/s1. The summed E-state index contributed by atoms with van der Waals surface area (Å²) in [6.07, 6.45) is 9.73. The number of carbonyl (C=O) groups excluding carboxylic acids is 2. The van der Waals surface area contributed by atoms with Crippen LogP contribution in [-0.2, 0) is 14.3 Å². The van der Waals surface area contributed by atoms with Crippen LogP contribution in [0.4, 0.5) is 4.39 Å². The van der Waals surface area contributed by atoms with Crippen molar-refractivity contribution in [3.63, 3.8) is 0 Å². The summed E-state index contributed by atoms with van der Waals surface area (Å²) in [7, 11) is 0. The molecular formula is C35H40FNO5. The highest BCUT2D eigenvalue weighted by Gasteiger charge is 2.58. The minimum absolute atomic E-state index is 0.00447. The first-order valence-electron chi connectivity index (χ1n) is 15.5. The lowest BCUT2D eigenvalue weighted by Crippen LogP contribution is -2.42. The lowest BCUT2D eigenvalue weighted by molar-refractivity contribution is -0.143. The zero-order chi connectivity index (χ0) is 29.2. The van der Waals surface area contributed by atoms with Crippen LogP contribution in [0.2, 0.25) is 0 Å². The molecule has 1 saturated carbocycles. The Morgan fingerprint density at radius 2 is 1.86 bits per heavy atom. The van der Waals surface area contributed by atoms with E-state index in [0.29, 0.717) is 25.2 Å². The Hall–Kier alpha value is -3.45. The quantitative estimate of drug-likeness (QED) is 0.263. The zero-order valence-corrected chi connectivity index (χ0v) is 24.3. The number of para-hydroxylation sites is 1. The van der Waals surface area contributed by atoms with Crippen molar-refractivity contribution >= 4 is 17.9 Å². The van der Waals surface area contributed by atoms with E-state index in [2.05, 4.69) is 6.92 Å². The summed E-state index contributed by atoms with van der Waals surface area (Å²) in [6.45, 7) is 2.88. The lowest BCUT2D eigenvalue weighted by Gasteiger charge is -2.32. The number of aromatic hydroxyl groups is 1. The summed E-state index contributed by atoms with van der Waals surface area (Å²) in [5.74, 6) is -1.05. The van der Waals surface area contributed by atoms with E-state index in [1.165, 1.54) is 18.6 Å². The highest BCUT2D eigenvalue weighted by Crippen LogP contribution is 2.51. The third kappa shape index (κ3) is 5.63. The number of benzene rings is 2. The topological polar surface area (TPSA) is 76.1 Å². The number of carbonyl (C=O) groups is 2. The molecule has 0 unspecified atom stereocenters. The van der Waals surface area contributed by atoms with Crippen molar-refractivity contribution < 1.29 is 28.6 Å². The molecule has 2 aliphatic carbocycles. The van der Waals surface area contributed by atoms with Crippen LogP contribution in [0.3, 0.4) is 0 Å². The number of hydrogen-bond acceptors (Lipinski definition) is 5. The third-order valence-corrected chi connectivity index (χ3v) is 9.66.